The molecule has 0 aliphatic heterocycles. The SMILES string of the molecule is NC(=O)CC#Cc1ccccc1Br. The van der Waals surface area contributed by atoms with E-state index in [-0.39, 0.29) is 6.42 Å². The van der Waals surface area contributed by atoms with E-state index in [4.69, 9.17) is 5.73 Å². The number of amides is 1. The summed E-state index contributed by atoms with van der Waals surface area (Å²) < 4.78 is 0.923. The number of hydrogen-bond donors (Lipinski definition) is 1. The number of carbonyl (C=O) groups is 1. The first-order valence-electron chi connectivity index (χ1n) is 3.72. The van der Waals surface area contributed by atoms with Crippen molar-refractivity contribution >= 4 is 21.8 Å². The van der Waals surface area contributed by atoms with Gasteiger partial charge in [0.1, 0.15) is 0 Å². The average Bonchev–Trinajstić information content (AvgIpc) is 2.08. The Kier molecular flexibility index (Phi) is 3.53. The predicted octanol–water partition coefficient (Wildman–Crippen LogP) is 1.68. The van der Waals surface area contributed by atoms with Crippen LogP contribution in [-0.2, 0) is 4.79 Å². The zero-order chi connectivity index (χ0) is 9.68. The second-order valence-electron chi connectivity index (χ2n) is 2.42. The molecule has 0 aromatic heterocycles. The summed E-state index contributed by atoms with van der Waals surface area (Å²) in [7, 11) is 0. The van der Waals surface area contributed by atoms with Gasteiger partial charge in [-0.15, -0.1) is 0 Å². The van der Waals surface area contributed by atoms with E-state index in [1.54, 1.807) is 0 Å². The highest BCUT2D eigenvalue weighted by atomic mass is 79.9. The van der Waals surface area contributed by atoms with Crippen LogP contribution >= 0.6 is 15.9 Å². The van der Waals surface area contributed by atoms with Gasteiger partial charge in [0, 0.05) is 10.0 Å². The third kappa shape index (κ3) is 3.30. The van der Waals surface area contributed by atoms with Crippen molar-refractivity contribution in [3.8, 4) is 11.8 Å². The summed E-state index contributed by atoms with van der Waals surface area (Å²) in [5.74, 6) is 5.13. The Morgan fingerprint density at radius 3 is 2.77 bits per heavy atom. The second kappa shape index (κ2) is 4.68. The molecule has 0 aliphatic rings. The molecule has 66 valence electrons. The highest BCUT2D eigenvalue weighted by molar-refractivity contribution is 9.10. The van der Waals surface area contributed by atoms with Gasteiger partial charge >= 0.3 is 0 Å². The minimum Gasteiger partial charge on any atom is -0.369 e. The quantitative estimate of drug-likeness (QED) is 0.743. The van der Waals surface area contributed by atoms with Gasteiger partial charge in [0.2, 0.25) is 5.91 Å². The number of nitrogens with two attached hydrogens (primary N) is 1. The van der Waals surface area contributed by atoms with Gasteiger partial charge in [0.15, 0.2) is 0 Å². The molecule has 1 rings (SSSR count). The van der Waals surface area contributed by atoms with E-state index >= 15 is 0 Å². The maximum atomic E-state index is 10.4. The van der Waals surface area contributed by atoms with E-state index in [1.807, 2.05) is 24.3 Å². The van der Waals surface area contributed by atoms with Gasteiger partial charge in [-0.1, -0.05) is 24.0 Å². The fourth-order valence-electron chi connectivity index (χ4n) is 0.789. The van der Waals surface area contributed by atoms with Crippen LogP contribution in [0.1, 0.15) is 12.0 Å². The molecule has 0 aliphatic carbocycles. The van der Waals surface area contributed by atoms with Crippen LogP contribution in [0.25, 0.3) is 0 Å². The first kappa shape index (κ1) is 9.82. The van der Waals surface area contributed by atoms with Crippen LogP contribution in [0, 0.1) is 11.8 Å². The minimum atomic E-state index is -0.403. The van der Waals surface area contributed by atoms with E-state index < -0.39 is 5.91 Å². The van der Waals surface area contributed by atoms with Gasteiger partial charge in [0.25, 0.3) is 0 Å². The van der Waals surface area contributed by atoms with Crippen LogP contribution in [0.4, 0.5) is 0 Å². The van der Waals surface area contributed by atoms with Crippen molar-refractivity contribution in [3.63, 3.8) is 0 Å². The Hall–Kier alpha value is -1.27. The van der Waals surface area contributed by atoms with E-state index in [1.165, 1.54) is 0 Å². The van der Waals surface area contributed by atoms with Crippen molar-refractivity contribution in [2.75, 3.05) is 0 Å². The number of primary amides is 1. The van der Waals surface area contributed by atoms with E-state index in [0.717, 1.165) is 10.0 Å². The summed E-state index contributed by atoms with van der Waals surface area (Å²) in [5, 5.41) is 0. The lowest BCUT2D eigenvalue weighted by molar-refractivity contribution is -0.117. The Morgan fingerprint density at radius 1 is 1.46 bits per heavy atom. The third-order valence-electron chi connectivity index (χ3n) is 1.36. The van der Waals surface area contributed by atoms with Gasteiger partial charge in [-0.2, -0.15) is 0 Å². The Balaban J connectivity index is 2.77. The molecule has 0 saturated carbocycles. The van der Waals surface area contributed by atoms with E-state index in [0.29, 0.717) is 0 Å². The molecule has 0 radical (unpaired) electrons. The van der Waals surface area contributed by atoms with Gasteiger partial charge in [0.05, 0.1) is 6.42 Å². The summed E-state index contributed by atoms with van der Waals surface area (Å²) in [4.78, 5) is 10.4. The molecule has 0 bridgehead atoms. The van der Waals surface area contributed by atoms with Crippen LogP contribution < -0.4 is 5.73 Å². The van der Waals surface area contributed by atoms with Crippen LogP contribution in [0.5, 0.6) is 0 Å². The fourth-order valence-corrected chi connectivity index (χ4v) is 1.17. The van der Waals surface area contributed by atoms with Gasteiger partial charge in [-0.05, 0) is 28.1 Å². The predicted molar refractivity (Wildman–Crippen MR) is 54.8 cm³/mol. The van der Waals surface area contributed by atoms with E-state index in [2.05, 4.69) is 27.8 Å². The zero-order valence-corrected chi connectivity index (χ0v) is 8.47. The molecule has 0 atom stereocenters. The average molecular weight is 238 g/mol. The summed E-state index contributed by atoms with van der Waals surface area (Å²) in [6.07, 6.45) is 0.0985. The van der Waals surface area contributed by atoms with Crippen molar-refractivity contribution in [1.29, 1.82) is 0 Å². The lowest BCUT2D eigenvalue weighted by atomic mass is 10.2. The van der Waals surface area contributed by atoms with Gasteiger partial charge in [-0.25, -0.2) is 0 Å². The third-order valence-corrected chi connectivity index (χ3v) is 2.05. The van der Waals surface area contributed by atoms with Gasteiger partial charge < -0.3 is 5.73 Å². The lowest BCUT2D eigenvalue weighted by Gasteiger charge is -1.92. The van der Waals surface area contributed by atoms with Crippen LogP contribution in [0.15, 0.2) is 28.7 Å². The standard InChI is InChI=1S/C10H8BrNO/c11-9-6-2-1-4-8(9)5-3-7-10(12)13/h1-2,4,6H,7H2,(H2,12,13). The maximum absolute atomic E-state index is 10.4. The highest BCUT2D eigenvalue weighted by Crippen LogP contribution is 2.13. The van der Waals surface area contributed by atoms with Crippen LogP contribution in [0.2, 0.25) is 0 Å². The first-order chi connectivity index (χ1) is 6.20. The van der Waals surface area contributed by atoms with Crippen molar-refractivity contribution < 1.29 is 4.79 Å². The molecular formula is C10H8BrNO. The zero-order valence-electron chi connectivity index (χ0n) is 6.88. The van der Waals surface area contributed by atoms with Crippen LogP contribution in [0.3, 0.4) is 0 Å². The largest absolute Gasteiger partial charge is 0.369 e. The highest BCUT2D eigenvalue weighted by Gasteiger charge is 1.92. The number of carbonyl (C=O) groups excluding carboxylic acids is 1. The van der Waals surface area contributed by atoms with Crippen molar-refractivity contribution in [1.82, 2.24) is 0 Å². The number of benzene rings is 1. The first-order valence-corrected chi connectivity index (χ1v) is 4.51. The molecule has 2 N–H and O–H groups in total. The van der Waals surface area contributed by atoms with Crippen LogP contribution in [-0.4, -0.2) is 5.91 Å². The fraction of sp³-hybridized carbons (Fsp3) is 0.100. The monoisotopic (exact) mass is 237 g/mol. The Morgan fingerprint density at radius 2 is 2.15 bits per heavy atom. The summed E-state index contributed by atoms with van der Waals surface area (Å²) in [6.45, 7) is 0. The molecule has 1 aromatic carbocycles. The molecule has 13 heavy (non-hydrogen) atoms. The molecule has 3 heteroatoms. The number of hydrogen-bond acceptors (Lipinski definition) is 1. The lowest BCUT2D eigenvalue weighted by Crippen LogP contribution is -2.08. The molecule has 0 spiro atoms. The number of rotatable bonds is 1. The topological polar surface area (TPSA) is 43.1 Å². The molecule has 1 amide bonds. The summed E-state index contributed by atoms with van der Waals surface area (Å²) in [6, 6.07) is 7.56. The molecule has 0 unspecified atom stereocenters. The summed E-state index contributed by atoms with van der Waals surface area (Å²) >= 11 is 3.34. The van der Waals surface area contributed by atoms with Crippen molar-refractivity contribution in [2.45, 2.75) is 6.42 Å². The number of halogens is 1. The van der Waals surface area contributed by atoms with Crippen molar-refractivity contribution in [3.05, 3.63) is 34.3 Å². The van der Waals surface area contributed by atoms with E-state index in [9.17, 15) is 4.79 Å². The molecule has 2 nitrogen and oxygen atoms in total. The Labute approximate surface area is 85.3 Å². The van der Waals surface area contributed by atoms with Gasteiger partial charge in [-0.3, -0.25) is 4.79 Å². The molecule has 0 fully saturated rings. The molecule has 1 aromatic rings. The van der Waals surface area contributed by atoms with Crippen molar-refractivity contribution in [2.24, 2.45) is 5.73 Å². The second-order valence-corrected chi connectivity index (χ2v) is 3.28. The minimum absolute atomic E-state index is 0.0985. The smallest absolute Gasteiger partial charge is 0.229 e. The molecule has 0 heterocycles. The molecular weight excluding hydrogens is 230 g/mol. The maximum Gasteiger partial charge on any atom is 0.229 e. The Bertz CT molecular complexity index is 376. The summed E-state index contributed by atoms with van der Waals surface area (Å²) in [5.41, 5.74) is 5.81. The molecule has 0 saturated heterocycles. The normalized spacial score (nSPS) is 8.69.